The highest BCUT2D eigenvalue weighted by molar-refractivity contribution is 5.56. The van der Waals surface area contributed by atoms with E-state index >= 15 is 0 Å². The molecule has 0 aliphatic heterocycles. The van der Waals surface area contributed by atoms with Crippen molar-refractivity contribution in [3.8, 4) is 34.5 Å². The van der Waals surface area contributed by atoms with Gasteiger partial charge in [0.05, 0.1) is 42.7 Å². The standard InChI is InChI=1S/C23H31NO6/c1-25-17-9-13(10-18(26-2)22(17)29-5)15-7-8-16(21(15)24)14-11-19(27-3)23(30-6)20(12-14)28-4/h9-12,15-16,21H,7-8,24H2,1-6H3/t15-,16-/m0/s1. The molecule has 0 bridgehead atoms. The maximum Gasteiger partial charge on any atom is 0.203 e. The molecule has 7 nitrogen and oxygen atoms in total. The van der Waals surface area contributed by atoms with E-state index in [-0.39, 0.29) is 17.9 Å². The molecule has 164 valence electrons. The molecule has 0 aromatic heterocycles. The number of hydrogen-bond donors (Lipinski definition) is 1. The Morgan fingerprint density at radius 2 is 0.867 bits per heavy atom. The molecule has 2 aromatic rings. The van der Waals surface area contributed by atoms with Gasteiger partial charge in [0, 0.05) is 6.04 Å². The van der Waals surface area contributed by atoms with Gasteiger partial charge in [0.15, 0.2) is 23.0 Å². The Bertz CT molecular complexity index is 762. The molecule has 1 aliphatic carbocycles. The van der Waals surface area contributed by atoms with E-state index in [9.17, 15) is 0 Å². The van der Waals surface area contributed by atoms with Gasteiger partial charge in [-0.3, -0.25) is 0 Å². The maximum atomic E-state index is 6.77. The monoisotopic (exact) mass is 417 g/mol. The predicted octanol–water partition coefficient (Wildman–Crippen LogP) is 3.73. The molecule has 1 fully saturated rings. The summed E-state index contributed by atoms with van der Waals surface area (Å²) in [5.41, 5.74) is 8.92. The Morgan fingerprint density at radius 3 is 1.10 bits per heavy atom. The fourth-order valence-electron chi connectivity index (χ4n) is 4.43. The van der Waals surface area contributed by atoms with E-state index in [0.717, 1.165) is 24.0 Å². The Labute approximate surface area is 178 Å². The van der Waals surface area contributed by atoms with Gasteiger partial charge in [-0.1, -0.05) is 0 Å². The van der Waals surface area contributed by atoms with Crippen molar-refractivity contribution in [2.24, 2.45) is 5.73 Å². The van der Waals surface area contributed by atoms with Crippen LogP contribution in [0.25, 0.3) is 0 Å². The quantitative estimate of drug-likeness (QED) is 0.701. The minimum Gasteiger partial charge on any atom is -0.493 e. The molecule has 0 heterocycles. The average molecular weight is 418 g/mol. The zero-order valence-electron chi connectivity index (χ0n) is 18.5. The Kier molecular flexibility index (Phi) is 6.82. The molecule has 1 aliphatic rings. The maximum absolute atomic E-state index is 6.77. The lowest BCUT2D eigenvalue weighted by atomic mass is 9.88. The first kappa shape index (κ1) is 21.9. The third-order valence-corrected chi connectivity index (χ3v) is 5.95. The molecular weight excluding hydrogens is 386 g/mol. The highest BCUT2D eigenvalue weighted by atomic mass is 16.5. The van der Waals surface area contributed by atoms with Crippen LogP contribution in [0.2, 0.25) is 0 Å². The molecule has 0 amide bonds. The summed E-state index contributed by atoms with van der Waals surface area (Å²) in [4.78, 5) is 0. The van der Waals surface area contributed by atoms with Gasteiger partial charge < -0.3 is 34.2 Å². The molecule has 2 N–H and O–H groups in total. The third kappa shape index (κ3) is 3.81. The lowest BCUT2D eigenvalue weighted by Crippen LogP contribution is -2.29. The van der Waals surface area contributed by atoms with Crippen LogP contribution in [-0.2, 0) is 0 Å². The van der Waals surface area contributed by atoms with Crippen molar-refractivity contribution in [3.63, 3.8) is 0 Å². The largest absolute Gasteiger partial charge is 0.493 e. The van der Waals surface area contributed by atoms with E-state index in [0.29, 0.717) is 34.5 Å². The molecule has 2 atom stereocenters. The van der Waals surface area contributed by atoms with Crippen LogP contribution in [0.1, 0.15) is 35.8 Å². The van der Waals surface area contributed by atoms with Crippen LogP contribution in [0.15, 0.2) is 24.3 Å². The molecule has 0 saturated heterocycles. The zero-order chi connectivity index (χ0) is 21.8. The van der Waals surface area contributed by atoms with Crippen molar-refractivity contribution in [2.75, 3.05) is 42.7 Å². The van der Waals surface area contributed by atoms with Gasteiger partial charge in [-0.15, -0.1) is 0 Å². The van der Waals surface area contributed by atoms with Crippen LogP contribution in [0.3, 0.4) is 0 Å². The highest BCUT2D eigenvalue weighted by Gasteiger charge is 2.37. The van der Waals surface area contributed by atoms with Crippen LogP contribution in [0.4, 0.5) is 0 Å². The summed E-state index contributed by atoms with van der Waals surface area (Å²) in [6.07, 6.45) is 1.89. The van der Waals surface area contributed by atoms with Gasteiger partial charge in [-0.2, -0.15) is 0 Å². The van der Waals surface area contributed by atoms with Crippen LogP contribution in [-0.4, -0.2) is 48.7 Å². The van der Waals surface area contributed by atoms with E-state index in [1.807, 2.05) is 24.3 Å². The molecule has 7 heteroatoms. The van der Waals surface area contributed by atoms with E-state index in [2.05, 4.69) is 0 Å². The van der Waals surface area contributed by atoms with Crippen molar-refractivity contribution in [1.82, 2.24) is 0 Å². The summed E-state index contributed by atoms with van der Waals surface area (Å²) < 4.78 is 33.0. The van der Waals surface area contributed by atoms with Gasteiger partial charge in [0.1, 0.15) is 0 Å². The normalized spacial score (nSPS) is 18.8. The second-order valence-corrected chi connectivity index (χ2v) is 7.29. The Hall–Kier alpha value is -2.80. The number of nitrogens with two attached hydrogens (primary N) is 1. The van der Waals surface area contributed by atoms with Crippen molar-refractivity contribution in [1.29, 1.82) is 0 Å². The first-order valence-corrected chi connectivity index (χ1v) is 9.88. The highest BCUT2D eigenvalue weighted by Crippen LogP contribution is 2.49. The summed E-state index contributed by atoms with van der Waals surface area (Å²) in [6.45, 7) is 0. The third-order valence-electron chi connectivity index (χ3n) is 5.95. The van der Waals surface area contributed by atoms with E-state index in [4.69, 9.17) is 34.2 Å². The van der Waals surface area contributed by atoms with E-state index in [1.54, 1.807) is 42.7 Å². The lowest BCUT2D eigenvalue weighted by Gasteiger charge is -2.24. The van der Waals surface area contributed by atoms with E-state index in [1.165, 1.54) is 0 Å². The van der Waals surface area contributed by atoms with Crippen LogP contribution in [0, 0.1) is 0 Å². The van der Waals surface area contributed by atoms with Crippen LogP contribution >= 0.6 is 0 Å². The average Bonchev–Trinajstić information content (AvgIpc) is 3.17. The predicted molar refractivity (Wildman–Crippen MR) is 115 cm³/mol. The molecule has 30 heavy (non-hydrogen) atoms. The Morgan fingerprint density at radius 1 is 0.567 bits per heavy atom. The second-order valence-electron chi connectivity index (χ2n) is 7.29. The smallest absolute Gasteiger partial charge is 0.203 e. The summed E-state index contributed by atoms with van der Waals surface area (Å²) in [5.74, 6) is 4.01. The molecule has 1 saturated carbocycles. The number of methoxy groups -OCH3 is 6. The first-order chi connectivity index (χ1) is 14.5. The van der Waals surface area contributed by atoms with Crippen molar-refractivity contribution >= 4 is 0 Å². The SMILES string of the molecule is COc1cc([C@@H]2CC[C@@H](c3cc(OC)c(OC)c(OC)c3)C2N)cc(OC)c1OC. The number of ether oxygens (including phenoxy) is 6. The summed E-state index contributed by atoms with van der Waals surface area (Å²) >= 11 is 0. The van der Waals surface area contributed by atoms with Gasteiger partial charge >= 0.3 is 0 Å². The number of hydrogen-bond acceptors (Lipinski definition) is 7. The van der Waals surface area contributed by atoms with Crippen molar-refractivity contribution in [3.05, 3.63) is 35.4 Å². The van der Waals surface area contributed by atoms with Crippen molar-refractivity contribution in [2.45, 2.75) is 30.7 Å². The molecular formula is C23H31NO6. The molecule has 0 radical (unpaired) electrons. The van der Waals surface area contributed by atoms with Gasteiger partial charge in [-0.25, -0.2) is 0 Å². The number of benzene rings is 2. The summed E-state index contributed by atoms with van der Waals surface area (Å²) in [5, 5.41) is 0. The van der Waals surface area contributed by atoms with Gasteiger partial charge in [0.25, 0.3) is 0 Å². The van der Waals surface area contributed by atoms with Gasteiger partial charge in [-0.05, 0) is 60.1 Å². The molecule has 2 aromatic carbocycles. The fourth-order valence-corrected chi connectivity index (χ4v) is 4.43. The Balaban J connectivity index is 1.96. The van der Waals surface area contributed by atoms with Crippen LogP contribution < -0.4 is 34.2 Å². The first-order valence-electron chi connectivity index (χ1n) is 9.88. The topological polar surface area (TPSA) is 81.4 Å². The van der Waals surface area contributed by atoms with Crippen molar-refractivity contribution < 1.29 is 28.4 Å². The molecule has 0 spiro atoms. The number of rotatable bonds is 8. The van der Waals surface area contributed by atoms with Crippen LogP contribution in [0.5, 0.6) is 34.5 Å². The minimum atomic E-state index is -0.0874. The fraction of sp³-hybridized carbons (Fsp3) is 0.478. The minimum absolute atomic E-state index is 0.0874. The van der Waals surface area contributed by atoms with E-state index < -0.39 is 0 Å². The van der Waals surface area contributed by atoms with Gasteiger partial charge in [0.2, 0.25) is 11.5 Å². The molecule has 0 unspecified atom stereocenters. The summed E-state index contributed by atoms with van der Waals surface area (Å²) in [6, 6.07) is 7.87. The summed E-state index contributed by atoms with van der Waals surface area (Å²) in [7, 11) is 9.68. The molecule has 3 rings (SSSR count). The lowest BCUT2D eigenvalue weighted by molar-refractivity contribution is 0.322. The second kappa shape index (κ2) is 9.34. The zero-order valence-corrected chi connectivity index (χ0v) is 18.5.